The van der Waals surface area contributed by atoms with Gasteiger partial charge in [0.25, 0.3) is 0 Å². The third-order valence-corrected chi connectivity index (χ3v) is 5.53. The molecule has 0 atom stereocenters. The quantitative estimate of drug-likeness (QED) is 0.321. The van der Waals surface area contributed by atoms with E-state index in [1.54, 1.807) is 72.8 Å². The number of hydrogen-bond donors (Lipinski definition) is 3. The van der Waals surface area contributed by atoms with Crippen molar-refractivity contribution in [3.63, 3.8) is 0 Å². The van der Waals surface area contributed by atoms with Gasteiger partial charge >= 0.3 is 0 Å². The molecule has 0 bridgehead atoms. The Labute approximate surface area is 175 Å². The second-order valence-electron chi connectivity index (χ2n) is 6.71. The van der Waals surface area contributed by atoms with E-state index in [4.69, 9.17) is 11.1 Å². The largest absolute Gasteiger partial charge is 0.384 e. The summed E-state index contributed by atoms with van der Waals surface area (Å²) in [5, 5.41) is 10.2. The van der Waals surface area contributed by atoms with E-state index in [0.29, 0.717) is 16.8 Å². The fourth-order valence-corrected chi connectivity index (χ4v) is 3.84. The summed E-state index contributed by atoms with van der Waals surface area (Å²) < 4.78 is 24.0. The van der Waals surface area contributed by atoms with Crippen LogP contribution in [-0.2, 0) is 14.6 Å². The average Bonchev–Trinajstić information content (AvgIpc) is 2.72. The number of benzene rings is 3. The first kappa shape index (κ1) is 21.0. The van der Waals surface area contributed by atoms with Crippen LogP contribution in [0.3, 0.4) is 0 Å². The fraction of sp³-hybridized carbons (Fsp3) is 0.0435. The first-order valence-corrected chi connectivity index (χ1v) is 11.0. The summed E-state index contributed by atoms with van der Waals surface area (Å²) in [5.74, 6) is -0.347. The smallest absolute Gasteiger partial charge is 0.248 e. The van der Waals surface area contributed by atoms with Gasteiger partial charge in [0.15, 0.2) is 9.84 Å². The Kier molecular flexibility index (Phi) is 6.13. The molecule has 0 aliphatic heterocycles. The molecule has 0 spiro atoms. The van der Waals surface area contributed by atoms with Crippen LogP contribution in [0.4, 0.5) is 5.69 Å². The Bertz CT molecular complexity index is 1230. The maximum absolute atomic E-state index is 12.2. The standard InChI is InChI=1S/C23H21N3O3S/c1-30(28,29)21-8-3-2-7-20(21)17-10-12-19(13-11-17)26-22(27)14-9-16-5-4-6-18(15-16)23(24)25/h2-15H,1H3,(H3,24,25)(H,26,27). The van der Waals surface area contributed by atoms with Crippen molar-refractivity contribution in [1.82, 2.24) is 0 Å². The van der Waals surface area contributed by atoms with Gasteiger partial charge in [0.2, 0.25) is 5.91 Å². The fourth-order valence-electron chi connectivity index (χ4n) is 2.93. The summed E-state index contributed by atoms with van der Waals surface area (Å²) in [6, 6.07) is 20.8. The highest BCUT2D eigenvalue weighted by Crippen LogP contribution is 2.28. The highest BCUT2D eigenvalue weighted by atomic mass is 32.2. The number of carbonyl (C=O) groups excluding carboxylic acids is 1. The number of nitrogens with two attached hydrogens (primary N) is 1. The number of carbonyl (C=O) groups is 1. The van der Waals surface area contributed by atoms with Crippen LogP contribution in [0.5, 0.6) is 0 Å². The van der Waals surface area contributed by atoms with Crippen molar-refractivity contribution in [2.75, 3.05) is 11.6 Å². The van der Waals surface area contributed by atoms with Crippen LogP contribution >= 0.6 is 0 Å². The number of amides is 1. The van der Waals surface area contributed by atoms with Gasteiger partial charge in [-0.25, -0.2) is 8.42 Å². The van der Waals surface area contributed by atoms with Crippen LogP contribution in [0.25, 0.3) is 17.2 Å². The van der Waals surface area contributed by atoms with Crippen LogP contribution in [0.15, 0.2) is 83.8 Å². The minimum Gasteiger partial charge on any atom is -0.384 e. The summed E-state index contributed by atoms with van der Waals surface area (Å²) in [6.45, 7) is 0. The normalized spacial score (nSPS) is 11.4. The number of rotatable bonds is 6. The summed E-state index contributed by atoms with van der Waals surface area (Å²) in [5.41, 5.74) is 8.76. The molecule has 0 heterocycles. The van der Waals surface area contributed by atoms with Crippen LogP contribution in [0, 0.1) is 5.41 Å². The zero-order valence-corrected chi connectivity index (χ0v) is 17.1. The van der Waals surface area contributed by atoms with E-state index in [2.05, 4.69) is 5.32 Å². The molecule has 0 fully saturated rings. The van der Waals surface area contributed by atoms with Crippen molar-refractivity contribution >= 4 is 33.3 Å². The lowest BCUT2D eigenvalue weighted by Gasteiger charge is -2.09. The van der Waals surface area contributed by atoms with E-state index in [0.717, 1.165) is 11.1 Å². The van der Waals surface area contributed by atoms with Gasteiger partial charge < -0.3 is 11.1 Å². The van der Waals surface area contributed by atoms with Gasteiger partial charge in [-0.05, 0) is 41.5 Å². The summed E-state index contributed by atoms with van der Waals surface area (Å²) in [7, 11) is -3.35. The Morgan fingerprint density at radius 3 is 2.37 bits per heavy atom. The molecule has 0 unspecified atom stereocenters. The van der Waals surface area contributed by atoms with E-state index >= 15 is 0 Å². The molecule has 0 radical (unpaired) electrons. The van der Waals surface area contributed by atoms with Gasteiger partial charge in [-0.15, -0.1) is 0 Å². The van der Waals surface area contributed by atoms with Crippen molar-refractivity contribution in [2.24, 2.45) is 5.73 Å². The maximum atomic E-state index is 12.2. The lowest BCUT2D eigenvalue weighted by Crippen LogP contribution is -2.10. The number of amidine groups is 1. The van der Waals surface area contributed by atoms with Crippen molar-refractivity contribution in [2.45, 2.75) is 4.90 Å². The second-order valence-corrected chi connectivity index (χ2v) is 8.69. The SMILES string of the molecule is CS(=O)(=O)c1ccccc1-c1ccc(NC(=O)C=Cc2cccc(C(=N)N)c2)cc1. The topological polar surface area (TPSA) is 113 Å². The number of hydrogen-bond acceptors (Lipinski definition) is 4. The van der Waals surface area contributed by atoms with Gasteiger partial charge in [-0.3, -0.25) is 10.2 Å². The molecule has 0 aromatic heterocycles. The molecule has 0 saturated heterocycles. The van der Waals surface area contributed by atoms with Gasteiger partial charge in [0, 0.05) is 29.1 Å². The van der Waals surface area contributed by atoms with Crippen molar-refractivity contribution < 1.29 is 13.2 Å². The first-order chi connectivity index (χ1) is 14.2. The third kappa shape index (κ3) is 5.21. The van der Waals surface area contributed by atoms with Crippen molar-refractivity contribution in [1.29, 1.82) is 5.41 Å². The third-order valence-electron chi connectivity index (χ3n) is 4.37. The van der Waals surface area contributed by atoms with E-state index in [-0.39, 0.29) is 16.6 Å². The Balaban J connectivity index is 1.73. The molecule has 0 saturated carbocycles. The minimum atomic E-state index is -3.35. The van der Waals surface area contributed by atoms with Crippen molar-refractivity contribution in [3.8, 4) is 11.1 Å². The molecule has 30 heavy (non-hydrogen) atoms. The lowest BCUT2D eigenvalue weighted by atomic mass is 10.1. The van der Waals surface area contributed by atoms with Crippen LogP contribution < -0.4 is 11.1 Å². The molecule has 3 aromatic rings. The highest BCUT2D eigenvalue weighted by molar-refractivity contribution is 7.90. The summed E-state index contributed by atoms with van der Waals surface area (Å²) >= 11 is 0. The molecule has 3 aromatic carbocycles. The zero-order chi connectivity index (χ0) is 21.7. The highest BCUT2D eigenvalue weighted by Gasteiger charge is 2.13. The second kappa shape index (κ2) is 8.75. The van der Waals surface area contributed by atoms with Crippen LogP contribution in [0.1, 0.15) is 11.1 Å². The maximum Gasteiger partial charge on any atom is 0.248 e. The Morgan fingerprint density at radius 2 is 1.70 bits per heavy atom. The molecular formula is C23H21N3O3S. The molecular weight excluding hydrogens is 398 g/mol. The molecule has 3 rings (SSSR count). The van der Waals surface area contributed by atoms with Gasteiger partial charge in [0.05, 0.1) is 4.90 Å². The number of sulfone groups is 1. The molecule has 0 aliphatic carbocycles. The monoisotopic (exact) mass is 419 g/mol. The van der Waals surface area contributed by atoms with Crippen LogP contribution in [-0.4, -0.2) is 26.4 Å². The predicted molar refractivity (Wildman–Crippen MR) is 120 cm³/mol. The minimum absolute atomic E-state index is 0.0350. The lowest BCUT2D eigenvalue weighted by molar-refractivity contribution is -0.111. The van der Waals surface area contributed by atoms with Crippen molar-refractivity contribution in [3.05, 3.63) is 90.0 Å². The summed E-state index contributed by atoms with van der Waals surface area (Å²) in [6.07, 6.45) is 4.21. The van der Waals surface area contributed by atoms with Gasteiger partial charge in [0.1, 0.15) is 5.84 Å². The molecule has 6 nitrogen and oxygen atoms in total. The number of anilines is 1. The number of nitrogens with one attached hydrogen (secondary N) is 2. The van der Waals surface area contributed by atoms with E-state index in [1.807, 2.05) is 6.07 Å². The summed E-state index contributed by atoms with van der Waals surface area (Å²) in [4.78, 5) is 12.5. The van der Waals surface area contributed by atoms with Gasteiger partial charge in [-0.1, -0.05) is 48.5 Å². The molecule has 0 aliphatic rings. The van der Waals surface area contributed by atoms with E-state index in [9.17, 15) is 13.2 Å². The van der Waals surface area contributed by atoms with E-state index in [1.165, 1.54) is 12.3 Å². The van der Waals surface area contributed by atoms with E-state index < -0.39 is 9.84 Å². The zero-order valence-electron chi connectivity index (χ0n) is 16.3. The molecule has 4 N–H and O–H groups in total. The molecule has 1 amide bonds. The molecule has 152 valence electrons. The number of nitrogen functional groups attached to an aromatic ring is 1. The Hall–Kier alpha value is -3.71. The Morgan fingerprint density at radius 1 is 1.00 bits per heavy atom. The molecule has 7 heteroatoms. The predicted octanol–water partition coefficient (Wildman–Crippen LogP) is 3.69. The average molecular weight is 420 g/mol. The van der Waals surface area contributed by atoms with Crippen LogP contribution in [0.2, 0.25) is 0 Å². The van der Waals surface area contributed by atoms with Gasteiger partial charge in [-0.2, -0.15) is 0 Å². The first-order valence-electron chi connectivity index (χ1n) is 9.07.